The van der Waals surface area contributed by atoms with Crippen LogP contribution in [-0.2, 0) is 14.3 Å². The molecule has 2 aromatic carbocycles. The molecule has 3 amide bonds. The van der Waals surface area contributed by atoms with Crippen LogP contribution in [0.5, 0.6) is 0 Å². The minimum absolute atomic E-state index is 0.228. The number of amides is 3. The number of imide groups is 1. The van der Waals surface area contributed by atoms with Crippen molar-refractivity contribution in [2.75, 3.05) is 14.1 Å². The molecule has 1 saturated heterocycles. The molecule has 1 aliphatic carbocycles. The van der Waals surface area contributed by atoms with Crippen LogP contribution in [0.15, 0.2) is 59.1 Å². The van der Waals surface area contributed by atoms with Crippen LogP contribution in [0.4, 0.5) is 4.79 Å². The van der Waals surface area contributed by atoms with E-state index in [1.807, 2.05) is 55.5 Å². The monoisotopic (exact) mass is 443 g/mol. The van der Waals surface area contributed by atoms with Gasteiger partial charge < -0.3 is 9.64 Å². The molecule has 1 fully saturated rings. The summed E-state index contributed by atoms with van der Waals surface area (Å²) in [5.41, 5.74) is 5.04. The maximum atomic E-state index is 13.5. The summed E-state index contributed by atoms with van der Waals surface area (Å²) in [6.45, 7) is 3.75. The molecule has 2 aromatic rings. The minimum atomic E-state index is -0.652. The van der Waals surface area contributed by atoms with E-state index in [1.54, 1.807) is 14.0 Å². The van der Waals surface area contributed by atoms with Gasteiger partial charge in [0, 0.05) is 43.1 Å². The predicted molar refractivity (Wildman–Crippen MR) is 123 cm³/mol. The highest BCUT2D eigenvalue weighted by Gasteiger charge is 2.54. The Kier molecular flexibility index (Phi) is 4.92. The number of allylic oxidation sites excluding steroid dienone is 1. The summed E-state index contributed by atoms with van der Waals surface area (Å²) in [6.07, 6.45) is -0.425. The number of hydrogen-bond acceptors (Lipinski definition) is 5. The summed E-state index contributed by atoms with van der Waals surface area (Å²) >= 11 is 0. The first-order chi connectivity index (χ1) is 15.8. The van der Waals surface area contributed by atoms with Gasteiger partial charge in [-0.15, -0.1) is 0 Å². The molecule has 7 heteroatoms. The molecular formula is C26H25N3O4. The van der Waals surface area contributed by atoms with E-state index >= 15 is 0 Å². The largest absolute Gasteiger partial charge is 0.425 e. The third kappa shape index (κ3) is 3.10. The first kappa shape index (κ1) is 21.1. The second kappa shape index (κ2) is 7.69. The minimum Gasteiger partial charge on any atom is -0.425 e. The van der Waals surface area contributed by atoms with Crippen molar-refractivity contribution in [3.05, 3.63) is 76.4 Å². The van der Waals surface area contributed by atoms with Gasteiger partial charge in [0.15, 0.2) is 0 Å². The van der Waals surface area contributed by atoms with E-state index in [0.717, 1.165) is 32.7 Å². The fourth-order valence-corrected chi connectivity index (χ4v) is 4.99. The fourth-order valence-electron chi connectivity index (χ4n) is 4.99. The number of rotatable bonds is 3. The number of aliphatic imine (C=N–C) groups is 1. The van der Waals surface area contributed by atoms with Crippen LogP contribution < -0.4 is 0 Å². The van der Waals surface area contributed by atoms with E-state index in [4.69, 9.17) is 9.73 Å². The molecule has 0 N–H and O–H groups in total. The van der Waals surface area contributed by atoms with Gasteiger partial charge in [-0.25, -0.2) is 4.79 Å². The number of aryl methyl sites for hydroxylation is 1. The lowest BCUT2D eigenvalue weighted by molar-refractivity contribution is -0.137. The Hall–Kier alpha value is -3.74. The molecule has 2 aliphatic heterocycles. The number of hydrogen-bond donors (Lipinski definition) is 0. The Bertz CT molecular complexity index is 1240. The van der Waals surface area contributed by atoms with Crippen molar-refractivity contribution in [1.29, 1.82) is 0 Å². The van der Waals surface area contributed by atoms with Gasteiger partial charge in [-0.1, -0.05) is 61.0 Å². The van der Waals surface area contributed by atoms with E-state index in [1.165, 1.54) is 11.9 Å². The molecule has 0 aromatic heterocycles. The van der Waals surface area contributed by atoms with E-state index in [0.29, 0.717) is 11.5 Å². The molecule has 168 valence electrons. The van der Waals surface area contributed by atoms with E-state index in [-0.39, 0.29) is 24.3 Å². The molecule has 7 nitrogen and oxygen atoms in total. The van der Waals surface area contributed by atoms with Gasteiger partial charge in [-0.3, -0.25) is 19.5 Å². The van der Waals surface area contributed by atoms with Crippen LogP contribution in [0.2, 0.25) is 0 Å². The highest BCUT2D eigenvalue weighted by molar-refractivity contribution is 6.25. The summed E-state index contributed by atoms with van der Waals surface area (Å²) in [7, 11) is 3.17. The van der Waals surface area contributed by atoms with Crippen molar-refractivity contribution in [3.63, 3.8) is 0 Å². The first-order valence-corrected chi connectivity index (χ1v) is 11.1. The van der Waals surface area contributed by atoms with Crippen molar-refractivity contribution >= 4 is 29.4 Å². The summed E-state index contributed by atoms with van der Waals surface area (Å²) in [5.74, 6) is -1.25. The van der Waals surface area contributed by atoms with Crippen molar-refractivity contribution in [3.8, 4) is 0 Å². The summed E-state index contributed by atoms with van der Waals surface area (Å²) in [5, 5.41) is 0. The number of carbonyl (C=O) groups is 3. The Morgan fingerprint density at radius 1 is 1.03 bits per heavy atom. The fraction of sp³-hybridized carbons (Fsp3) is 0.308. The topological polar surface area (TPSA) is 79.3 Å². The van der Waals surface area contributed by atoms with Crippen LogP contribution in [0.25, 0.3) is 5.76 Å². The lowest BCUT2D eigenvalue weighted by Gasteiger charge is -2.46. The molecule has 33 heavy (non-hydrogen) atoms. The maximum absolute atomic E-state index is 13.5. The normalized spacial score (nSPS) is 23.8. The van der Waals surface area contributed by atoms with Crippen LogP contribution in [-0.4, -0.2) is 53.7 Å². The molecule has 0 bridgehead atoms. The average molecular weight is 444 g/mol. The number of urea groups is 1. The Labute approximate surface area is 192 Å². The first-order valence-electron chi connectivity index (χ1n) is 11.1. The van der Waals surface area contributed by atoms with Gasteiger partial charge in [0.1, 0.15) is 11.9 Å². The van der Waals surface area contributed by atoms with Gasteiger partial charge in [0.25, 0.3) is 0 Å². The smallest absolute Gasteiger partial charge is 0.327 e. The van der Waals surface area contributed by atoms with Crippen molar-refractivity contribution < 1.29 is 19.1 Å². The van der Waals surface area contributed by atoms with Gasteiger partial charge in [-0.05, 0) is 12.5 Å². The second-order valence-corrected chi connectivity index (χ2v) is 8.71. The Morgan fingerprint density at radius 3 is 2.36 bits per heavy atom. The van der Waals surface area contributed by atoms with E-state index in [2.05, 4.69) is 0 Å². The zero-order valence-corrected chi connectivity index (χ0v) is 19.0. The summed E-state index contributed by atoms with van der Waals surface area (Å²) < 4.78 is 5.88. The van der Waals surface area contributed by atoms with Gasteiger partial charge >= 0.3 is 12.0 Å². The number of esters is 1. The van der Waals surface area contributed by atoms with Gasteiger partial charge in [0.05, 0.1) is 11.6 Å². The predicted octanol–water partition coefficient (Wildman–Crippen LogP) is 3.73. The quantitative estimate of drug-likeness (QED) is 0.678. The Morgan fingerprint density at radius 2 is 1.70 bits per heavy atom. The van der Waals surface area contributed by atoms with Crippen LogP contribution in [0.3, 0.4) is 0 Å². The van der Waals surface area contributed by atoms with Crippen LogP contribution in [0, 0.1) is 12.8 Å². The zero-order chi connectivity index (χ0) is 23.4. The van der Waals surface area contributed by atoms with Crippen molar-refractivity contribution in [1.82, 2.24) is 9.80 Å². The molecule has 0 saturated carbocycles. The number of ether oxygens (including phenoxy) is 1. The molecule has 3 unspecified atom stereocenters. The third-order valence-electron chi connectivity index (χ3n) is 6.72. The number of benzene rings is 2. The highest BCUT2D eigenvalue weighted by Crippen LogP contribution is 2.50. The van der Waals surface area contributed by atoms with Gasteiger partial charge in [0.2, 0.25) is 5.91 Å². The van der Waals surface area contributed by atoms with Gasteiger partial charge in [-0.2, -0.15) is 0 Å². The summed E-state index contributed by atoms with van der Waals surface area (Å²) in [4.78, 5) is 46.3. The standard InChI is InChI=1S/C26H25N3O4/c1-5-18(30)33-23-17-9-7-6-8-16(17)22-20(23)19(15-12-10-14(2)11-13-15)21-24(27-22)28(3)26(32)29(4)25(21)31/h6-13,19,21,24H,5H2,1-4H3. The van der Waals surface area contributed by atoms with Crippen LogP contribution >= 0.6 is 0 Å². The maximum Gasteiger partial charge on any atom is 0.327 e. The van der Waals surface area contributed by atoms with E-state index in [9.17, 15) is 14.4 Å². The van der Waals surface area contributed by atoms with E-state index < -0.39 is 18.0 Å². The highest BCUT2D eigenvalue weighted by atomic mass is 16.5. The number of nitrogens with zero attached hydrogens (tertiary/aromatic N) is 3. The lowest BCUT2D eigenvalue weighted by Crippen LogP contribution is -2.61. The second-order valence-electron chi connectivity index (χ2n) is 8.71. The average Bonchev–Trinajstić information content (AvgIpc) is 3.14. The lowest BCUT2D eigenvalue weighted by atomic mass is 9.73. The molecule has 3 aliphatic rings. The molecular weight excluding hydrogens is 418 g/mol. The number of carbonyl (C=O) groups excluding carboxylic acids is 3. The molecule has 2 heterocycles. The molecule has 3 atom stereocenters. The summed E-state index contributed by atoms with van der Waals surface area (Å²) in [6, 6.07) is 15.3. The van der Waals surface area contributed by atoms with Crippen LogP contribution in [0.1, 0.15) is 41.5 Å². The Balaban J connectivity index is 1.81. The van der Waals surface area contributed by atoms with Crippen molar-refractivity contribution in [2.45, 2.75) is 32.4 Å². The molecule has 0 spiro atoms. The molecule has 0 radical (unpaired) electrons. The van der Waals surface area contributed by atoms with Crippen molar-refractivity contribution in [2.24, 2.45) is 10.9 Å². The number of fused-ring (bicyclic) bond motifs is 4. The zero-order valence-electron chi connectivity index (χ0n) is 19.0. The third-order valence-corrected chi connectivity index (χ3v) is 6.72. The SMILES string of the molecule is CCC(=O)OC1=C2C(=NC3C(C(=O)N(C)C(=O)N3C)C2c2ccc(C)cc2)c2ccccc21. The molecule has 5 rings (SSSR count).